The van der Waals surface area contributed by atoms with Crippen molar-refractivity contribution in [3.8, 4) is 0 Å². The van der Waals surface area contributed by atoms with Crippen LogP contribution in [0.2, 0.25) is 0 Å². The summed E-state index contributed by atoms with van der Waals surface area (Å²) in [4.78, 5) is 0. The summed E-state index contributed by atoms with van der Waals surface area (Å²) in [5.74, 6) is 0. The Morgan fingerprint density at radius 3 is 2.20 bits per heavy atom. The maximum Gasteiger partial charge on any atom is -0.0282 e. The number of allylic oxidation sites excluding steroid dienone is 6. The molecule has 86 valence electrons. The maximum atomic E-state index is 2.34. The summed E-state index contributed by atoms with van der Waals surface area (Å²) in [7, 11) is 0. The van der Waals surface area contributed by atoms with E-state index in [2.05, 4.69) is 52.8 Å². The molecule has 0 bridgehead atoms. The van der Waals surface area contributed by atoms with Gasteiger partial charge in [0.05, 0.1) is 0 Å². The van der Waals surface area contributed by atoms with Crippen molar-refractivity contribution >= 4 is 0 Å². The van der Waals surface area contributed by atoms with E-state index in [9.17, 15) is 0 Å². The van der Waals surface area contributed by atoms with Crippen LogP contribution in [0.3, 0.4) is 0 Å². The van der Waals surface area contributed by atoms with Gasteiger partial charge in [-0.3, -0.25) is 0 Å². The highest BCUT2D eigenvalue weighted by Gasteiger charge is 1.97. The fourth-order valence-corrected chi connectivity index (χ4v) is 1.53. The molecule has 0 radical (unpaired) electrons. The zero-order valence-corrected chi connectivity index (χ0v) is 11.1. The lowest BCUT2D eigenvalue weighted by Gasteiger charge is -2.06. The molecule has 0 aliphatic rings. The normalized spacial score (nSPS) is 14.6. The molecule has 0 heteroatoms. The molecule has 0 aromatic heterocycles. The predicted octanol–water partition coefficient (Wildman–Crippen LogP) is 5.43. The quantitative estimate of drug-likeness (QED) is 0.509. The first-order chi connectivity index (χ1) is 7.15. The van der Waals surface area contributed by atoms with Crippen molar-refractivity contribution in [3.05, 3.63) is 34.9 Å². The van der Waals surface area contributed by atoms with Crippen molar-refractivity contribution < 1.29 is 0 Å². The van der Waals surface area contributed by atoms with Crippen molar-refractivity contribution in [2.45, 2.75) is 60.3 Å². The molecule has 0 fully saturated rings. The Labute approximate surface area is 95.8 Å². The van der Waals surface area contributed by atoms with Crippen LogP contribution >= 0.6 is 0 Å². The Kier molecular flexibility index (Phi) is 8.08. The second kappa shape index (κ2) is 8.52. The molecule has 0 unspecified atom stereocenters. The Hall–Kier alpha value is -0.780. The van der Waals surface area contributed by atoms with E-state index in [1.807, 2.05) is 0 Å². The summed E-state index contributed by atoms with van der Waals surface area (Å²) >= 11 is 0. The van der Waals surface area contributed by atoms with Crippen LogP contribution in [0.4, 0.5) is 0 Å². The average molecular weight is 206 g/mol. The lowest BCUT2D eigenvalue weighted by Crippen LogP contribution is -1.86. The van der Waals surface area contributed by atoms with Crippen LogP contribution in [-0.2, 0) is 0 Å². The van der Waals surface area contributed by atoms with Gasteiger partial charge < -0.3 is 0 Å². The highest BCUT2D eigenvalue weighted by Crippen LogP contribution is 2.17. The zero-order valence-electron chi connectivity index (χ0n) is 11.1. The van der Waals surface area contributed by atoms with Crippen LogP contribution in [0.25, 0.3) is 0 Å². The smallest absolute Gasteiger partial charge is 0.0282 e. The summed E-state index contributed by atoms with van der Waals surface area (Å²) in [6, 6.07) is 0. The largest absolute Gasteiger partial charge is 0.0845 e. The second-order valence-corrected chi connectivity index (χ2v) is 4.11. The number of rotatable bonds is 6. The van der Waals surface area contributed by atoms with Crippen molar-refractivity contribution in [1.82, 2.24) is 0 Å². The highest BCUT2D eigenvalue weighted by atomic mass is 14.0. The van der Waals surface area contributed by atoms with Crippen LogP contribution in [0.1, 0.15) is 60.3 Å². The third kappa shape index (κ3) is 6.33. The standard InChI is InChI=1S/C15H26/c1-6-9-11-13(4)12-15(10-7-2)14(5)8-3/h9,11-12H,6-8,10H2,1-5H3/b11-9-,13-12-,15-14+. The van der Waals surface area contributed by atoms with Gasteiger partial charge in [-0.15, -0.1) is 0 Å². The van der Waals surface area contributed by atoms with Crippen LogP contribution in [0.15, 0.2) is 34.9 Å². The third-order valence-corrected chi connectivity index (χ3v) is 2.62. The first-order valence-electron chi connectivity index (χ1n) is 6.19. The molecular formula is C15H26. The minimum absolute atomic E-state index is 1.12. The average Bonchev–Trinajstić information content (AvgIpc) is 2.24. The van der Waals surface area contributed by atoms with Gasteiger partial charge in [-0.05, 0) is 38.7 Å². The van der Waals surface area contributed by atoms with E-state index in [-0.39, 0.29) is 0 Å². The summed E-state index contributed by atoms with van der Waals surface area (Å²) in [5.41, 5.74) is 4.42. The van der Waals surface area contributed by atoms with Crippen LogP contribution in [-0.4, -0.2) is 0 Å². The minimum Gasteiger partial charge on any atom is -0.0845 e. The van der Waals surface area contributed by atoms with Gasteiger partial charge in [-0.1, -0.05) is 56.6 Å². The van der Waals surface area contributed by atoms with Crippen LogP contribution in [0.5, 0.6) is 0 Å². The van der Waals surface area contributed by atoms with Gasteiger partial charge in [0.1, 0.15) is 0 Å². The van der Waals surface area contributed by atoms with E-state index in [0.29, 0.717) is 0 Å². The molecular weight excluding hydrogens is 180 g/mol. The molecule has 0 rings (SSSR count). The summed E-state index contributed by atoms with van der Waals surface area (Å²) in [6.45, 7) is 11.1. The van der Waals surface area contributed by atoms with Gasteiger partial charge >= 0.3 is 0 Å². The van der Waals surface area contributed by atoms with E-state index in [1.54, 1.807) is 0 Å². The predicted molar refractivity (Wildman–Crippen MR) is 71.1 cm³/mol. The van der Waals surface area contributed by atoms with E-state index in [1.165, 1.54) is 29.6 Å². The molecule has 0 aromatic rings. The van der Waals surface area contributed by atoms with Gasteiger partial charge in [-0.25, -0.2) is 0 Å². The van der Waals surface area contributed by atoms with E-state index in [4.69, 9.17) is 0 Å². The van der Waals surface area contributed by atoms with E-state index >= 15 is 0 Å². The van der Waals surface area contributed by atoms with Crippen LogP contribution in [0, 0.1) is 0 Å². The third-order valence-electron chi connectivity index (χ3n) is 2.62. The van der Waals surface area contributed by atoms with Crippen molar-refractivity contribution in [2.75, 3.05) is 0 Å². The molecule has 0 aromatic carbocycles. The first-order valence-corrected chi connectivity index (χ1v) is 6.19. The number of hydrogen-bond acceptors (Lipinski definition) is 0. The van der Waals surface area contributed by atoms with Crippen molar-refractivity contribution in [3.63, 3.8) is 0 Å². The number of hydrogen-bond donors (Lipinski definition) is 0. The van der Waals surface area contributed by atoms with Crippen molar-refractivity contribution in [1.29, 1.82) is 0 Å². The van der Waals surface area contributed by atoms with E-state index in [0.717, 1.165) is 12.8 Å². The van der Waals surface area contributed by atoms with Crippen molar-refractivity contribution in [2.24, 2.45) is 0 Å². The van der Waals surface area contributed by atoms with Crippen LogP contribution < -0.4 is 0 Å². The summed E-state index contributed by atoms with van der Waals surface area (Å²) in [6.07, 6.45) is 11.5. The Balaban J connectivity index is 4.73. The Bertz CT molecular complexity index is 251. The molecule has 0 saturated heterocycles. The van der Waals surface area contributed by atoms with E-state index < -0.39 is 0 Å². The fraction of sp³-hybridized carbons (Fsp3) is 0.600. The molecule has 0 N–H and O–H groups in total. The molecule has 15 heavy (non-hydrogen) atoms. The topological polar surface area (TPSA) is 0 Å². The lowest BCUT2D eigenvalue weighted by molar-refractivity contribution is 0.895. The molecule has 0 saturated carbocycles. The monoisotopic (exact) mass is 206 g/mol. The maximum absolute atomic E-state index is 2.34. The summed E-state index contributed by atoms with van der Waals surface area (Å²) in [5, 5.41) is 0. The molecule has 0 aliphatic carbocycles. The Morgan fingerprint density at radius 2 is 1.73 bits per heavy atom. The second-order valence-electron chi connectivity index (χ2n) is 4.11. The van der Waals surface area contributed by atoms with Gasteiger partial charge in [0.25, 0.3) is 0 Å². The zero-order chi connectivity index (χ0) is 11.7. The molecule has 0 heterocycles. The molecule has 0 nitrogen and oxygen atoms in total. The molecule has 0 spiro atoms. The highest BCUT2D eigenvalue weighted by molar-refractivity contribution is 5.31. The fourth-order valence-electron chi connectivity index (χ4n) is 1.53. The van der Waals surface area contributed by atoms with Gasteiger partial charge in [0.15, 0.2) is 0 Å². The Morgan fingerprint density at radius 1 is 1.07 bits per heavy atom. The van der Waals surface area contributed by atoms with Gasteiger partial charge in [-0.2, -0.15) is 0 Å². The lowest BCUT2D eigenvalue weighted by atomic mass is 10.0. The molecule has 0 aliphatic heterocycles. The molecule has 0 atom stereocenters. The summed E-state index contributed by atoms with van der Waals surface area (Å²) < 4.78 is 0. The van der Waals surface area contributed by atoms with Gasteiger partial charge in [0, 0.05) is 0 Å². The van der Waals surface area contributed by atoms with Gasteiger partial charge in [0.2, 0.25) is 0 Å². The molecule has 0 amide bonds. The minimum atomic E-state index is 1.12. The first kappa shape index (κ1) is 14.2. The SMILES string of the molecule is CC\C=C/C(C)=C\C(CCC)=C(/C)CC.